The van der Waals surface area contributed by atoms with Gasteiger partial charge in [0.05, 0.1) is 12.7 Å². The van der Waals surface area contributed by atoms with Gasteiger partial charge >= 0.3 is 5.97 Å². The van der Waals surface area contributed by atoms with Gasteiger partial charge in [0.15, 0.2) is 0 Å². The Kier molecular flexibility index (Phi) is 17.4. The zero-order valence-corrected chi connectivity index (χ0v) is 16.1. The average Bonchev–Trinajstić information content (AvgIpc) is 2.62. The predicted octanol–water partition coefficient (Wildman–Crippen LogP) is 6.49. The molecule has 0 unspecified atom stereocenters. The van der Waals surface area contributed by atoms with E-state index in [0.717, 1.165) is 36.8 Å². The molecule has 0 bridgehead atoms. The highest BCUT2D eigenvalue weighted by Crippen LogP contribution is 2.14. The van der Waals surface area contributed by atoms with E-state index >= 15 is 0 Å². The van der Waals surface area contributed by atoms with Crippen LogP contribution in [0.25, 0.3) is 0 Å². The minimum atomic E-state index is -0.307. The van der Waals surface area contributed by atoms with Crippen LogP contribution in [0.15, 0.2) is 72.4 Å². The Bertz CT molecular complexity index is 488. The van der Waals surface area contributed by atoms with E-state index in [0.29, 0.717) is 5.57 Å². The standard InChI is InChI=1S/C20H28O2.C2H6/c1-6-9-11-13-19(20(21)22-5)15-14-17(4)16-18(8-3)12-10-7-2;1-2/h7-8,10,12-15H,2,4,6,9,11,16H2,1,3,5H3;1-2H3/b12-10-,15-14-,18-8+,19-13+;. The quantitative estimate of drug-likeness (QED) is 0.198. The molecule has 0 fully saturated rings. The zero-order valence-electron chi connectivity index (χ0n) is 16.1. The Morgan fingerprint density at radius 1 is 1.17 bits per heavy atom. The van der Waals surface area contributed by atoms with Gasteiger partial charge in [0.25, 0.3) is 0 Å². The largest absolute Gasteiger partial charge is 0.465 e. The number of allylic oxidation sites excluding steroid dienone is 8. The van der Waals surface area contributed by atoms with Crippen LogP contribution in [0, 0.1) is 0 Å². The Hall–Kier alpha value is -2.09. The Morgan fingerprint density at radius 3 is 2.33 bits per heavy atom. The number of hydrogen-bond acceptors (Lipinski definition) is 2. The van der Waals surface area contributed by atoms with Gasteiger partial charge in [0, 0.05) is 0 Å². The highest BCUT2D eigenvalue weighted by atomic mass is 16.5. The van der Waals surface area contributed by atoms with Crippen LogP contribution in [0.3, 0.4) is 0 Å². The van der Waals surface area contributed by atoms with Crippen molar-refractivity contribution >= 4 is 5.97 Å². The zero-order chi connectivity index (χ0) is 18.8. The molecule has 0 aliphatic rings. The topological polar surface area (TPSA) is 26.3 Å². The monoisotopic (exact) mass is 330 g/mol. The molecular weight excluding hydrogens is 296 g/mol. The van der Waals surface area contributed by atoms with E-state index in [2.05, 4.69) is 20.1 Å². The van der Waals surface area contributed by atoms with Gasteiger partial charge in [-0.25, -0.2) is 4.79 Å². The van der Waals surface area contributed by atoms with Gasteiger partial charge < -0.3 is 4.74 Å². The molecule has 0 aliphatic carbocycles. The fraction of sp³-hybridized carbons (Fsp3) is 0.409. The van der Waals surface area contributed by atoms with Crippen molar-refractivity contribution < 1.29 is 9.53 Å². The minimum absolute atomic E-state index is 0.307. The van der Waals surface area contributed by atoms with E-state index in [4.69, 9.17) is 4.74 Å². The van der Waals surface area contributed by atoms with E-state index < -0.39 is 0 Å². The smallest absolute Gasteiger partial charge is 0.337 e. The van der Waals surface area contributed by atoms with Gasteiger partial charge in [-0.15, -0.1) is 0 Å². The summed E-state index contributed by atoms with van der Waals surface area (Å²) in [5.41, 5.74) is 2.68. The molecule has 0 atom stereocenters. The van der Waals surface area contributed by atoms with Crippen LogP contribution in [0.1, 0.15) is 53.4 Å². The number of carbonyl (C=O) groups is 1. The Labute approximate surface area is 149 Å². The summed E-state index contributed by atoms with van der Waals surface area (Å²) < 4.78 is 4.81. The third kappa shape index (κ3) is 12.5. The van der Waals surface area contributed by atoms with E-state index in [1.54, 1.807) is 12.2 Å². The molecule has 2 nitrogen and oxygen atoms in total. The molecule has 0 spiro atoms. The summed E-state index contributed by atoms with van der Waals surface area (Å²) in [5.74, 6) is -0.307. The second kappa shape index (κ2) is 17.3. The summed E-state index contributed by atoms with van der Waals surface area (Å²) in [6.45, 7) is 15.8. The first-order valence-electron chi connectivity index (χ1n) is 8.67. The van der Waals surface area contributed by atoms with Crippen molar-refractivity contribution in [1.29, 1.82) is 0 Å². The first kappa shape index (κ1) is 24.2. The summed E-state index contributed by atoms with van der Waals surface area (Å²) in [4.78, 5) is 11.7. The molecule has 0 aromatic carbocycles. The van der Waals surface area contributed by atoms with Crippen molar-refractivity contribution in [3.63, 3.8) is 0 Å². The molecule has 0 aliphatic heterocycles. The minimum Gasteiger partial charge on any atom is -0.465 e. The molecule has 0 aromatic heterocycles. The van der Waals surface area contributed by atoms with Crippen molar-refractivity contribution in [2.75, 3.05) is 7.11 Å². The fourth-order valence-corrected chi connectivity index (χ4v) is 1.78. The lowest BCUT2D eigenvalue weighted by atomic mass is 10.0. The van der Waals surface area contributed by atoms with E-state index in [1.807, 2.05) is 51.2 Å². The van der Waals surface area contributed by atoms with E-state index in [9.17, 15) is 4.79 Å². The van der Waals surface area contributed by atoms with Gasteiger partial charge in [-0.2, -0.15) is 0 Å². The normalized spacial score (nSPS) is 12.0. The number of ether oxygens (including phenoxy) is 1. The summed E-state index contributed by atoms with van der Waals surface area (Å²) in [7, 11) is 1.40. The number of hydrogen-bond donors (Lipinski definition) is 0. The number of rotatable bonds is 10. The molecule has 0 N–H and O–H groups in total. The van der Waals surface area contributed by atoms with Gasteiger partial charge in [0.1, 0.15) is 0 Å². The fourth-order valence-electron chi connectivity index (χ4n) is 1.78. The van der Waals surface area contributed by atoms with Crippen LogP contribution < -0.4 is 0 Å². The molecule has 24 heavy (non-hydrogen) atoms. The summed E-state index contributed by atoms with van der Waals surface area (Å²) in [5, 5.41) is 0. The second-order valence-electron chi connectivity index (χ2n) is 4.92. The van der Waals surface area contributed by atoms with Crippen molar-refractivity contribution in [2.24, 2.45) is 0 Å². The van der Waals surface area contributed by atoms with Crippen molar-refractivity contribution in [2.45, 2.75) is 53.4 Å². The van der Waals surface area contributed by atoms with Gasteiger partial charge in [-0.05, 0) is 31.4 Å². The number of methoxy groups -OCH3 is 1. The maximum absolute atomic E-state index is 11.7. The van der Waals surface area contributed by atoms with Crippen LogP contribution in [-0.4, -0.2) is 13.1 Å². The van der Waals surface area contributed by atoms with Gasteiger partial charge in [-0.3, -0.25) is 0 Å². The SMILES string of the molecule is C=C/C=C\C(=C/C)CC(=C)/C=C\C(=C/CCCC)C(=O)OC.CC. The predicted molar refractivity (Wildman–Crippen MR) is 107 cm³/mol. The second-order valence-corrected chi connectivity index (χ2v) is 4.92. The van der Waals surface area contributed by atoms with Crippen LogP contribution in [0.2, 0.25) is 0 Å². The Morgan fingerprint density at radius 2 is 1.83 bits per heavy atom. The maximum Gasteiger partial charge on any atom is 0.337 e. The lowest BCUT2D eigenvalue weighted by Crippen LogP contribution is -2.02. The van der Waals surface area contributed by atoms with E-state index in [-0.39, 0.29) is 5.97 Å². The molecule has 0 radical (unpaired) electrons. The van der Waals surface area contributed by atoms with Crippen molar-refractivity contribution in [3.05, 3.63) is 72.4 Å². The highest BCUT2D eigenvalue weighted by molar-refractivity contribution is 5.91. The molecule has 0 rings (SSSR count). The molecule has 0 saturated heterocycles. The Balaban J connectivity index is 0. The molecule has 0 aromatic rings. The molecule has 0 saturated carbocycles. The van der Waals surface area contributed by atoms with Gasteiger partial charge in [0.2, 0.25) is 0 Å². The molecule has 134 valence electrons. The first-order valence-corrected chi connectivity index (χ1v) is 8.67. The van der Waals surface area contributed by atoms with Crippen LogP contribution in [0.4, 0.5) is 0 Å². The highest BCUT2D eigenvalue weighted by Gasteiger charge is 2.05. The lowest BCUT2D eigenvalue weighted by molar-refractivity contribution is -0.135. The van der Waals surface area contributed by atoms with Crippen molar-refractivity contribution in [3.8, 4) is 0 Å². The van der Waals surface area contributed by atoms with Crippen molar-refractivity contribution in [1.82, 2.24) is 0 Å². The average molecular weight is 331 g/mol. The summed E-state index contributed by atoms with van der Waals surface area (Å²) in [6.07, 6.45) is 17.0. The lowest BCUT2D eigenvalue weighted by Gasteiger charge is -2.03. The summed E-state index contributed by atoms with van der Waals surface area (Å²) in [6, 6.07) is 0. The van der Waals surface area contributed by atoms with Gasteiger partial charge in [-0.1, -0.05) is 88.8 Å². The summed E-state index contributed by atoms with van der Waals surface area (Å²) >= 11 is 0. The number of unbranched alkanes of at least 4 members (excludes halogenated alkanes) is 2. The number of esters is 1. The van der Waals surface area contributed by atoms with Crippen LogP contribution in [0.5, 0.6) is 0 Å². The van der Waals surface area contributed by atoms with Crippen LogP contribution in [-0.2, 0) is 9.53 Å². The molecule has 0 heterocycles. The molecule has 2 heteroatoms. The maximum atomic E-state index is 11.7. The number of carbonyl (C=O) groups excluding carboxylic acids is 1. The van der Waals surface area contributed by atoms with Crippen LogP contribution >= 0.6 is 0 Å². The molecular formula is C22H34O2. The first-order chi connectivity index (χ1) is 11.6. The third-order valence-corrected chi connectivity index (χ3v) is 3.09. The third-order valence-electron chi connectivity index (χ3n) is 3.09. The van der Waals surface area contributed by atoms with E-state index in [1.165, 1.54) is 7.11 Å². The molecule has 0 amide bonds.